The Labute approximate surface area is 196 Å². The zero-order chi connectivity index (χ0) is 23.8. The number of carbonyl (C=O) groups excluding carboxylic acids is 1. The Morgan fingerprint density at radius 3 is 2.52 bits per heavy atom. The fraction of sp³-hybridized carbons (Fsp3) is 0.292. The molecule has 0 saturated carbocycles. The van der Waals surface area contributed by atoms with E-state index in [-0.39, 0.29) is 29.9 Å². The van der Waals surface area contributed by atoms with E-state index in [1.54, 1.807) is 18.4 Å². The van der Waals surface area contributed by atoms with Crippen molar-refractivity contribution in [3.63, 3.8) is 0 Å². The van der Waals surface area contributed by atoms with Crippen LogP contribution in [0.25, 0.3) is 0 Å². The van der Waals surface area contributed by atoms with Gasteiger partial charge in [-0.1, -0.05) is 18.2 Å². The Hall–Kier alpha value is -3.43. The van der Waals surface area contributed by atoms with E-state index in [4.69, 9.17) is 9.47 Å². The molecular formula is C24H27N3O5S. The van der Waals surface area contributed by atoms with E-state index in [0.29, 0.717) is 12.2 Å². The summed E-state index contributed by atoms with van der Waals surface area (Å²) >= 11 is 1.69. The highest BCUT2D eigenvalue weighted by Crippen LogP contribution is 2.29. The Morgan fingerprint density at radius 2 is 1.91 bits per heavy atom. The second-order valence-corrected chi connectivity index (χ2v) is 8.61. The third-order valence-electron chi connectivity index (χ3n) is 5.26. The Balaban J connectivity index is 1.75. The van der Waals surface area contributed by atoms with Gasteiger partial charge in [0.25, 0.3) is 5.69 Å². The van der Waals surface area contributed by atoms with Crippen LogP contribution in [0.5, 0.6) is 11.5 Å². The van der Waals surface area contributed by atoms with E-state index in [9.17, 15) is 14.9 Å². The van der Waals surface area contributed by atoms with Gasteiger partial charge in [-0.3, -0.25) is 19.8 Å². The number of rotatable bonds is 11. The maximum absolute atomic E-state index is 12.9. The Bertz CT molecular complexity index is 1070. The van der Waals surface area contributed by atoms with E-state index >= 15 is 0 Å². The molecule has 0 aliphatic rings. The van der Waals surface area contributed by atoms with Crippen molar-refractivity contribution in [2.24, 2.45) is 0 Å². The number of hydrogen-bond donors (Lipinski definition) is 1. The first-order chi connectivity index (χ1) is 15.9. The van der Waals surface area contributed by atoms with Crippen LogP contribution in [0, 0.1) is 10.1 Å². The van der Waals surface area contributed by atoms with E-state index in [1.165, 1.54) is 30.2 Å². The molecule has 0 bridgehead atoms. The molecule has 0 saturated heterocycles. The van der Waals surface area contributed by atoms with Gasteiger partial charge < -0.3 is 14.8 Å². The van der Waals surface area contributed by atoms with Gasteiger partial charge in [-0.05, 0) is 48.6 Å². The summed E-state index contributed by atoms with van der Waals surface area (Å²) in [5.74, 6) is 0.791. The maximum Gasteiger partial charge on any atom is 0.273 e. The molecule has 0 spiro atoms. The number of nitro groups is 1. The lowest BCUT2D eigenvalue weighted by atomic mass is 10.1. The second-order valence-electron chi connectivity index (χ2n) is 7.58. The lowest BCUT2D eigenvalue weighted by Crippen LogP contribution is -2.40. The van der Waals surface area contributed by atoms with Crippen molar-refractivity contribution < 1.29 is 19.2 Å². The van der Waals surface area contributed by atoms with Crippen LogP contribution in [0.4, 0.5) is 11.4 Å². The predicted octanol–water partition coefficient (Wildman–Crippen LogP) is 4.75. The van der Waals surface area contributed by atoms with Crippen LogP contribution in [0.15, 0.2) is 60.0 Å². The highest BCUT2D eigenvalue weighted by atomic mass is 32.1. The summed E-state index contributed by atoms with van der Waals surface area (Å²) in [6, 6.07) is 16.1. The van der Waals surface area contributed by atoms with Crippen molar-refractivity contribution in [1.82, 2.24) is 4.90 Å². The number of hydrogen-bond acceptors (Lipinski definition) is 7. The molecular weight excluding hydrogens is 442 g/mol. The largest absolute Gasteiger partial charge is 0.497 e. The second kappa shape index (κ2) is 11.4. The molecule has 1 atom stereocenters. The van der Waals surface area contributed by atoms with E-state index in [2.05, 4.69) is 23.2 Å². The molecule has 1 heterocycles. The van der Waals surface area contributed by atoms with Crippen LogP contribution in [-0.4, -0.2) is 42.5 Å². The van der Waals surface area contributed by atoms with Crippen LogP contribution in [0.1, 0.15) is 17.4 Å². The number of nitrogens with zero attached hydrogens (tertiary/aromatic N) is 2. The average Bonchev–Trinajstić information content (AvgIpc) is 3.32. The van der Waals surface area contributed by atoms with Gasteiger partial charge in [0.15, 0.2) is 0 Å². The number of ether oxygens (including phenoxy) is 2. The summed E-state index contributed by atoms with van der Waals surface area (Å²) < 4.78 is 10.5. The predicted molar refractivity (Wildman–Crippen MR) is 129 cm³/mol. The van der Waals surface area contributed by atoms with Crippen molar-refractivity contribution in [1.29, 1.82) is 0 Å². The van der Waals surface area contributed by atoms with Gasteiger partial charge >= 0.3 is 0 Å². The van der Waals surface area contributed by atoms with Gasteiger partial charge in [0.2, 0.25) is 5.91 Å². The van der Waals surface area contributed by atoms with Crippen LogP contribution in [0.2, 0.25) is 0 Å². The van der Waals surface area contributed by atoms with Crippen molar-refractivity contribution in [3.05, 3.63) is 80.5 Å². The first-order valence-corrected chi connectivity index (χ1v) is 11.3. The fourth-order valence-corrected chi connectivity index (χ4v) is 4.28. The molecule has 1 aromatic heterocycles. The third-order valence-corrected chi connectivity index (χ3v) is 6.16. The Morgan fingerprint density at radius 1 is 1.15 bits per heavy atom. The molecule has 8 nitrogen and oxygen atoms in total. The standard InChI is InChI=1S/C24H27N3O5S/c1-17(13-21-5-4-12-33-21)26(15-18-6-9-20(31-2)10-7-18)16-24(28)25-22-11-8-19(27(29)30)14-23(22)32-3/h4-12,14,17H,13,15-16H2,1-3H3,(H,25,28). The summed E-state index contributed by atoms with van der Waals surface area (Å²) in [5.41, 5.74) is 1.36. The number of non-ortho nitro benzene ring substituents is 1. The van der Waals surface area contributed by atoms with Gasteiger partial charge in [0.1, 0.15) is 11.5 Å². The summed E-state index contributed by atoms with van der Waals surface area (Å²) in [6.45, 7) is 2.84. The zero-order valence-electron chi connectivity index (χ0n) is 18.8. The molecule has 1 amide bonds. The van der Waals surface area contributed by atoms with Gasteiger partial charge in [0, 0.05) is 23.5 Å². The monoisotopic (exact) mass is 469 g/mol. The molecule has 174 valence electrons. The lowest BCUT2D eigenvalue weighted by molar-refractivity contribution is -0.384. The molecule has 1 unspecified atom stereocenters. The number of amides is 1. The third kappa shape index (κ3) is 6.77. The normalized spacial score (nSPS) is 11.8. The molecule has 33 heavy (non-hydrogen) atoms. The minimum atomic E-state index is -0.503. The number of benzene rings is 2. The highest BCUT2D eigenvalue weighted by molar-refractivity contribution is 7.09. The van der Waals surface area contributed by atoms with E-state index < -0.39 is 4.92 Å². The first kappa shape index (κ1) is 24.2. The molecule has 3 aromatic rings. The number of nitro benzene ring substituents is 1. The summed E-state index contributed by atoms with van der Waals surface area (Å²) in [5, 5.41) is 15.9. The average molecular weight is 470 g/mol. The van der Waals surface area contributed by atoms with E-state index in [0.717, 1.165) is 17.7 Å². The van der Waals surface area contributed by atoms with Crippen molar-refractivity contribution in [2.45, 2.75) is 25.9 Å². The first-order valence-electron chi connectivity index (χ1n) is 10.4. The minimum absolute atomic E-state index is 0.101. The number of anilines is 1. The molecule has 0 aliphatic heterocycles. The maximum atomic E-state index is 12.9. The highest BCUT2D eigenvalue weighted by Gasteiger charge is 2.20. The summed E-state index contributed by atoms with van der Waals surface area (Å²) in [6.07, 6.45) is 0.821. The van der Waals surface area contributed by atoms with Gasteiger partial charge in [0.05, 0.1) is 37.4 Å². The lowest BCUT2D eigenvalue weighted by Gasteiger charge is -2.28. The fourth-order valence-electron chi connectivity index (χ4n) is 3.45. The molecule has 2 aromatic carbocycles. The molecule has 1 N–H and O–H groups in total. The van der Waals surface area contributed by atoms with Crippen LogP contribution in [-0.2, 0) is 17.8 Å². The summed E-state index contributed by atoms with van der Waals surface area (Å²) in [7, 11) is 3.04. The number of nitrogens with one attached hydrogen (secondary N) is 1. The smallest absolute Gasteiger partial charge is 0.273 e. The number of methoxy groups -OCH3 is 2. The van der Waals surface area contributed by atoms with Crippen molar-refractivity contribution >= 4 is 28.6 Å². The zero-order valence-corrected chi connectivity index (χ0v) is 19.6. The summed E-state index contributed by atoms with van der Waals surface area (Å²) in [4.78, 5) is 26.8. The topological polar surface area (TPSA) is 93.9 Å². The van der Waals surface area contributed by atoms with Gasteiger partial charge in [-0.25, -0.2) is 0 Å². The van der Waals surface area contributed by atoms with Crippen LogP contribution in [0.3, 0.4) is 0 Å². The van der Waals surface area contributed by atoms with Crippen molar-refractivity contribution in [2.75, 3.05) is 26.1 Å². The molecule has 0 radical (unpaired) electrons. The number of thiophene rings is 1. The Kier molecular flexibility index (Phi) is 8.39. The molecule has 0 aliphatic carbocycles. The molecule has 0 fully saturated rings. The minimum Gasteiger partial charge on any atom is -0.497 e. The van der Waals surface area contributed by atoms with Gasteiger partial charge in [-0.15, -0.1) is 11.3 Å². The quantitative estimate of drug-likeness (QED) is 0.322. The van der Waals surface area contributed by atoms with Crippen molar-refractivity contribution in [3.8, 4) is 11.5 Å². The molecule has 3 rings (SSSR count). The van der Waals surface area contributed by atoms with Crippen LogP contribution < -0.4 is 14.8 Å². The SMILES string of the molecule is COc1ccc(CN(CC(=O)Nc2ccc([N+](=O)[O-])cc2OC)C(C)Cc2cccs2)cc1. The van der Waals surface area contributed by atoms with E-state index in [1.807, 2.05) is 35.7 Å². The molecule has 9 heteroatoms. The van der Waals surface area contributed by atoms with Crippen LogP contribution >= 0.6 is 11.3 Å². The number of carbonyl (C=O) groups is 1. The van der Waals surface area contributed by atoms with Gasteiger partial charge in [-0.2, -0.15) is 0 Å².